The van der Waals surface area contributed by atoms with E-state index in [2.05, 4.69) is 10.4 Å². The molecule has 2 rings (SSSR count). The van der Waals surface area contributed by atoms with Crippen LogP contribution < -0.4 is 5.32 Å². The average Bonchev–Trinajstić information content (AvgIpc) is 2.89. The number of carbonyl (C=O) groups excluding carboxylic acids is 1. The number of anilines is 1. The summed E-state index contributed by atoms with van der Waals surface area (Å²) in [6.45, 7) is 5.63. The van der Waals surface area contributed by atoms with Crippen LogP contribution in [-0.4, -0.2) is 42.6 Å². The molecule has 2 aromatic rings. The molecule has 1 aromatic heterocycles. The Morgan fingerprint density at radius 2 is 2.00 bits per heavy atom. The van der Waals surface area contributed by atoms with E-state index in [-0.39, 0.29) is 5.91 Å². The maximum Gasteiger partial charge on any atom is 0.224 e. The number of nitrogens with one attached hydrogen (secondary N) is 1. The van der Waals surface area contributed by atoms with Crippen LogP contribution in [0.3, 0.4) is 0 Å². The van der Waals surface area contributed by atoms with Crippen LogP contribution in [-0.2, 0) is 14.3 Å². The molecule has 130 valence electrons. The van der Waals surface area contributed by atoms with E-state index in [0.29, 0.717) is 32.7 Å². The summed E-state index contributed by atoms with van der Waals surface area (Å²) in [5.41, 5.74) is 3.60. The maximum absolute atomic E-state index is 12.2. The maximum atomic E-state index is 12.2. The number of nitrogens with zero attached hydrogens (tertiary/aromatic N) is 2. The first-order valence-electron chi connectivity index (χ1n) is 8.11. The number of rotatable bonds is 9. The number of carbonyl (C=O) groups is 1. The SMILES string of the molecule is COCCOCCCC(=O)Nc1ccccc1-n1nc(C)cc1C. The second kappa shape index (κ2) is 9.20. The first-order valence-corrected chi connectivity index (χ1v) is 8.11. The standard InChI is InChI=1S/C18H25N3O3/c1-14-13-15(2)21(20-14)17-8-5-4-7-16(17)19-18(22)9-6-10-24-12-11-23-3/h4-5,7-8,13H,6,9-12H2,1-3H3,(H,19,22). The molecule has 1 amide bonds. The molecule has 1 heterocycles. The van der Waals surface area contributed by atoms with Crippen LogP contribution >= 0.6 is 0 Å². The molecule has 0 fully saturated rings. The highest BCUT2D eigenvalue weighted by molar-refractivity contribution is 5.92. The third-order valence-electron chi connectivity index (χ3n) is 3.54. The van der Waals surface area contributed by atoms with E-state index in [1.54, 1.807) is 7.11 Å². The minimum atomic E-state index is -0.0284. The van der Waals surface area contributed by atoms with E-state index in [0.717, 1.165) is 22.8 Å². The van der Waals surface area contributed by atoms with Gasteiger partial charge in [0, 0.05) is 25.8 Å². The van der Waals surface area contributed by atoms with Gasteiger partial charge in [-0.2, -0.15) is 5.10 Å². The summed E-state index contributed by atoms with van der Waals surface area (Å²) in [7, 11) is 1.64. The summed E-state index contributed by atoms with van der Waals surface area (Å²) < 4.78 is 12.1. The van der Waals surface area contributed by atoms with Gasteiger partial charge in [-0.3, -0.25) is 4.79 Å². The third kappa shape index (κ3) is 5.18. The summed E-state index contributed by atoms with van der Waals surface area (Å²) in [6, 6.07) is 9.68. The quantitative estimate of drug-likeness (QED) is 0.718. The third-order valence-corrected chi connectivity index (χ3v) is 3.54. The zero-order valence-electron chi connectivity index (χ0n) is 14.5. The molecular formula is C18H25N3O3. The van der Waals surface area contributed by atoms with Crippen molar-refractivity contribution in [3.63, 3.8) is 0 Å². The van der Waals surface area contributed by atoms with Gasteiger partial charge in [0.2, 0.25) is 5.91 Å². The van der Waals surface area contributed by atoms with Crippen molar-refractivity contribution in [2.75, 3.05) is 32.2 Å². The molecule has 24 heavy (non-hydrogen) atoms. The number of ether oxygens (including phenoxy) is 2. The number of methoxy groups -OCH3 is 1. The Morgan fingerprint density at radius 1 is 1.21 bits per heavy atom. The molecule has 0 bridgehead atoms. The van der Waals surface area contributed by atoms with Gasteiger partial charge < -0.3 is 14.8 Å². The van der Waals surface area contributed by atoms with Crippen LogP contribution in [0.5, 0.6) is 0 Å². The van der Waals surface area contributed by atoms with Crippen LogP contribution in [0, 0.1) is 13.8 Å². The number of amides is 1. The van der Waals surface area contributed by atoms with Gasteiger partial charge in [0.05, 0.1) is 30.3 Å². The fourth-order valence-electron chi connectivity index (χ4n) is 2.43. The van der Waals surface area contributed by atoms with E-state index >= 15 is 0 Å². The van der Waals surface area contributed by atoms with Gasteiger partial charge in [-0.1, -0.05) is 12.1 Å². The predicted molar refractivity (Wildman–Crippen MR) is 93.6 cm³/mol. The van der Waals surface area contributed by atoms with Gasteiger partial charge in [0.15, 0.2) is 0 Å². The molecule has 1 aromatic carbocycles. The molecule has 0 aliphatic heterocycles. The lowest BCUT2D eigenvalue weighted by Gasteiger charge is -2.12. The van der Waals surface area contributed by atoms with E-state index < -0.39 is 0 Å². The number of aryl methyl sites for hydroxylation is 2. The van der Waals surface area contributed by atoms with Crippen molar-refractivity contribution in [3.05, 3.63) is 41.7 Å². The summed E-state index contributed by atoms with van der Waals surface area (Å²) >= 11 is 0. The van der Waals surface area contributed by atoms with Crippen molar-refractivity contribution in [2.45, 2.75) is 26.7 Å². The molecule has 0 saturated heterocycles. The molecule has 1 N–H and O–H groups in total. The van der Waals surface area contributed by atoms with Crippen LogP contribution in [0.15, 0.2) is 30.3 Å². The van der Waals surface area contributed by atoms with Crippen molar-refractivity contribution < 1.29 is 14.3 Å². The van der Waals surface area contributed by atoms with Crippen molar-refractivity contribution in [2.24, 2.45) is 0 Å². The van der Waals surface area contributed by atoms with Gasteiger partial charge in [-0.25, -0.2) is 4.68 Å². The molecule has 6 nitrogen and oxygen atoms in total. The molecule has 0 radical (unpaired) electrons. The number of hydrogen-bond donors (Lipinski definition) is 1. The Bertz CT molecular complexity index is 667. The average molecular weight is 331 g/mol. The van der Waals surface area contributed by atoms with E-state index in [1.807, 2.05) is 48.9 Å². The van der Waals surface area contributed by atoms with Crippen LogP contribution in [0.4, 0.5) is 5.69 Å². The fraction of sp³-hybridized carbons (Fsp3) is 0.444. The molecule has 0 saturated carbocycles. The van der Waals surface area contributed by atoms with Crippen LogP contribution in [0.2, 0.25) is 0 Å². The van der Waals surface area contributed by atoms with Gasteiger partial charge in [-0.15, -0.1) is 0 Å². The molecule has 6 heteroatoms. The van der Waals surface area contributed by atoms with Gasteiger partial charge in [0.25, 0.3) is 0 Å². The minimum absolute atomic E-state index is 0.0284. The summed E-state index contributed by atoms with van der Waals surface area (Å²) in [6.07, 6.45) is 1.09. The highest BCUT2D eigenvalue weighted by atomic mass is 16.5. The molecular weight excluding hydrogens is 306 g/mol. The fourth-order valence-corrected chi connectivity index (χ4v) is 2.43. The van der Waals surface area contributed by atoms with Crippen molar-refractivity contribution in [1.82, 2.24) is 9.78 Å². The zero-order chi connectivity index (χ0) is 17.4. The number of aromatic nitrogens is 2. The Labute approximate surface area is 142 Å². The normalized spacial score (nSPS) is 10.8. The molecule has 0 aliphatic rings. The summed E-state index contributed by atoms with van der Waals surface area (Å²) in [5.74, 6) is -0.0284. The topological polar surface area (TPSA) is 65.4 Å². The smallest absolute Gasteiger partial charge is 0.224 e. The van der Waals surface area contributed by atoms with Crippen LogP contribution in [0.1, 0.15) is 24.2 Å². The Balaban J connectivity index is 1.93. The second-order valence-electron chi connectivity index (χ2n) is 5.61. The highest BCUT2D eigenvalue weighted by Crippen LogP contribution is 2.21. The number of hydrogen-bond acceptors (Lipinski definition) is 4. The van der Waals surface area contributed by atoms with Gasteiger partial charge in [-0.05, 0) is 38.5 Å². The lowest BCUT2D eigenvalue weighted by molar-refractivity contribution is -0.116. The molecule has 0 spiro atoms. The van der Waals surface area contributed by atoms with Gasteiger partial charge in [0.1, 0.15) is 0 Å². The summed E-state index contributed by atoms with van der Waals surface area (Å²) in [4.78, 5) is 12.2. The summed E-state index contributed by atoms with van der Waals surface area (Å²) in [5, 5.41) is 7.45. The lowest BCUT2D eigenvalue weighted by atomic mass is 10.2. The largest absolute Gasteiger partial charge is 0.382 e. The Kier molecular flexibility index (Phi) is 6.96. The minimum Gasteiger partial charge on any atom is -0.382 e. The van der Waals surface area contributed by atoms with Crippen molar-refractivity contribution in [1.29, 1.82) is 0 Å². The lowest BCUT2D eigenvalue weighted by Crippen LogP contribution is -2.15. The van der Waals surface area contributed by atoms with E-state index in [4.69, 9.17) is 9.47 Å². The Hall–Kier alpha value is -2.18. The van der Waals surface area contributed by atoms with Crippen LogP contribution in [0.25, 0.3) is 5.69 Å². The van der Waals surface area contributed by atoms with Crippen molar-refractivity contribution >= 4 is 11.6 Å². The molecule has 0 unspecified atom stereocenters. The van der Waals surface area contributed by atoms with E-state index in [1.165, 1.54) is 0 Å². The first kappa shape index (κ1) is 18.2. The number of para-hydroxylation sites is 2. The first-order chi connectivity index (χ1) is 11.6. The monoisotopic (exact) mass is 331 g/mol. The number of benzene rings is 1. The molecule has 0 atom stereocenters. The zero-order valence-corrected chi connectivity index (χ0v) is 14.5. The van der Waals surface area contributed by atoms with Gasteiger partial charge >= 0.3 is 0 Å². The highest BCUT2D eigenvalue weighted by Gasteiger charge is 2.11. The van der Waals surface area contributed by atoms with Crippen molar-refractivity contribution in [3.8, 4) is 5.69 Å². The van der Waals surface area contributed by atoms with E-state index in [9.17, 15) is 4.79 Å². The molecule has 0 aliphatic carbocycles. The second-order valence-corrected chi connectivity index (χ2v) is 5.61. The Morgan fingerprint density at radius 3 is 2.71 bits per heavy atom. The predicted octanol–water partition coefficient (Wildman–Crippen LogP) is 2.87.